The van der Waals surface area contributed by atoms with Crippen LogP contribution in [0.4, 0.5) is 4.39 Å². The van der Waals surface area contributed by atoms with Crippen LogP contribution in [0, 0.1) is 12.7 Å². The van der Waals surface area contributed by atoms with Gasteiger partial charge >= 0.3 is 5.97 Å². The summed E-state index contributed by atoms with van der Waals surface area (Å²) in [6.45, 7) is 0.957. The molecule has 0 aliphatic carbocycles. The highest BCUT2D eigenvalue weighted by Gasteiger charge is 2.38. The average molecular weight is 388 g/mol. The van der Waals surface area contributed by atoms with Crippen LogP contribution < -0.4 is 10.7 Å². The first-order valence-electron chi connectivity index (χ1n) is 8.35. The number of methoxy groups -OCH3 is 1. The highest BCUT2D eigenvalue weighted by molar-refractivity contribution is 5.98. The van der Waals surface area contributed by atoms with Crippen LogP contribution in [0.2, 0.25) is 0 Å². The van der Waals surface area contributed by atoms with Crippen LogP contribution in [-0.2, 0) is 14.3 Å². The molecular weight excluding hydrogens is 371 g/mol. The Balaban J connectivity index is 2.07. The van der Waals surface area contributed by atoms with Crippen LogP contribution >= 0.6 is 0 Å². The SMILES string of the molecule is COC(=O)C1CNC(=O)CN1C(=O)c1nn(-c2ccccc2F)c(C)cc1=O. The Morgan fingerprint density at radius 1 is 1.29 bits per heavy atom. The zero-order chi connectivity index (χ0) is 20.4. The largest absolute Gasteiger partial charge is 0.467 e. The number of esters is 1. The van der Waals surface area contributed by atoms with Crippen LogP contribution in [0.25, 0.3) is 5.69 Å². The quantitative estimate of drug-likeness (QED) is 0.729. The minimum absolute atomic E-state index is 0.0509. The molecule has 28 heavy (non-hydrogen) atoms. The second-order valence-corrected chi connectivity index (χ2v) is 6.14. The highest BCUT2D eigenvalue weighted by atomic mass is 19.1. The number of hydrogen-bond donors (Lipinski definition) is 1. The van der Waals surface area contributed by atoms with Crippen molar-refractivity contribution in [3.8, 4) is 5.69 Å². The first kappa shape index (κ1) is 19.2. The number of benzene rings is 1. The fourth-order valence-corrected chi connectivity index (χ4v) is 2.90. The summed E-state index contributed by atoms with van der Waals surface area (Å²) in [7, 11) is 1.15. The van der Waals surface area contributed by atoms with Gasteiger partial charge in [-0.15, -0.1) is 0 Å². The van der Waals surface area contributed by atoms with E-state index in [-0.39, 0.29) is 12.2 Å². The molecule has 1 aliphatic rings. The minimum Gasteiger partial charge on any atom is -0.467 e. The predicted molar refractivity (Wildman–Crippen MR) is 94.4 cm³/mol. The van der Waals surface area contributed by atoms with Crippen LogP contribution in [0.15, 0.2) is 35.1 Å². The number of nitrogens with one attached hydrogen (secondary N) is 1. The molecule has 0 spiro atoms. The zero-order valence-corrected chi connectivity index (χ0v) is 15.1. The Hall–Kier alpha value is -3.56. The van der Waals surface area contributed by atoms with Gasteiger partial charge in [-0.1, -0.05) is 12.1 Å². The Kier molecular flexibility index (Phi) is 5.21. The number of amides is 2. The van der Waals surface area contributed by atoms with E-state index in [0.717, 1.165) is 22.8 Å². The summed E-state index contributed by atoms with van der Waals surface area (Å²) in [4.78, 5) is 50.0. The van der Waals surface area contributed by atoms with Crippen molar-refractivity contribution in [2.24, 2.45) is 0 Å². The average Bonchev–Trinajstić information content (AvgIpc) is 2.68. The molecule has 146 valence electrons. The van der Waals surface area contributed by atoms with E-state index in [1.54, 1.807) is 13.0 Å². The third-order valence-electron chi connectivity index (χ3n) is 4.31. The lowest BCUT2D eigenvalue weighted by molar-refractivity contribution is -0.147. The topological polar surface area (TPSA) is 111 Å². The first-order chi connectivity index (χ1) is 13.3. The first-order valence-corrected chi connectivity index (χ1v) is 8.35. The Morgan fingerprint density at radius 3 is 2.68 bits per heavy atom. The molecule has 1 saturated heterocycles. The number of aromatic nitrogens is 2. The van der Waals surface area contributed by atoms with Gasteiger partial charge in [0.05, 0.1) is 7.11 Å². The van der Waals surface area contributed by atoms with E-state index in [0.29, 0.717) is 5.69 Å². The van der Waals surface area contributed by atoms with Crippen molar-refractivity contribution in [3.63, 3.8) is 0 Å². The number of carbonyl (C=O) groups is 3. The molecule has 1 aromatic carbocycles. The van der Waals surface area contributed by atoms with Gasteiger partial charge in [-0.25, -0.2) is 13.9 Å². The molecule has 1 atom stereocenters. The van der Waals surface area contributed by atoms with Gasteiger partial charge in [0.1, 0.15) is 24.1 Å². The van der Waals surface area contributed by atoms with Gasteiger partial charge in [-0.05, 0) is 19.1 Å². The van der Waals surface area contributed by atoms with Gasteiger partial charge in [0.25, 0.3) is 5.91 Å². The monoisotopic (exact) mass is 388 g/mol. The van der Waals surface area contributed by atoms with Crippen LogP contribution in [0.5, 0.6) is 0 Å². The third-order valence-corrected chi connectivity index (χ3v) is 4.31. The summed E-state index contributed by atoms with van der Waals surface area (Å²) in [6.07, 6.45) is 0. The lowest BCUT2D eigenvalue weighted by Crippen LogP contribution is -2.60. The summed E-state index contributed by atoms with van der Waals surface area (Å²) < 4.78 is 19.9. The van der Waals surface area contributed by atoms with E-state index >= 15 is 0 Å². The second-order valence-electron chi connectivity index (χ2n) is 6.14. The molecule has 1 unspecified atom stereocenters. The van der Waals surface area contributed by atoms with Gasteiger partial charge in [0, 0.05) is 18.3 Å². The van der Waals surface area contributed by atoms with E-state index in [1.807, 2.05) is 0 Å². The van der Waals surface area contributed by atoms with Crippen LogP contribution in [0.3, 0.4) is 0 Å². The van der Waals surface area contributed by atoms with E-state index in [2.05, 4.69) is 15.2 Å². The maximum atomic E-state index is 14.2. The van der Waals surface area contributed by atoms with Crippen molar-refractivity contribution in [3.05, 3.63) is 57.8 Å². The molecular formula is C18H17FN4O5. The van der Waals surface area contributed by atoms with Crippen LogP contribution in [0.1, 0.15) is 16.2 Å². The summed E-state index contributed by atoms with van der Waals surface area (Å²) >= 11 is 0. The maximum absolute atomic E-state index is 14.2. The van der Waals surface area contributed by atoms with Gasteiger partial charge in [0.2, 0.25) is 11.3 Å². The molecule has 0 bridgehead atoms. The van der Waals surface area contributed by atoms with Crippen molar-refractivity contribution >= 4 is 17.8 Å². The number of halogens is 1. The molecule has 2 aromatic rings. The summed E-state index contributed by atoms with van der Waals surface area (Å²) in [5, 5.41) is 6.48. The molecule has 3 rings (SSSR count). The Morgan fingerprint density at radius 2 is 2.00 bits per heavy atom. The normalized spacial score (nSPS) is 16.5. The summed E-state index contributed by atoms with van der Waals surface area (Å²) in [5.41, 5.74) is -0.871. The lowest BCUT2D eigenvalue weighted by Gasteiger charge is -2.33. The number of nitrogens with zero attached hydrogens (tertiary/aromatic N) is 3. The number of aryl methyl sites for hydroxylation is 1. The molecule has 10 heteroatoms. The highest BCUT2D eigenvalue weighted by Crippen LogP contribution is 2.15. The summed E-state index contributed by atoms with van der Waals surface area (Å²) in [5.74, 6) is -2.74. The summed E-state index contributed by atoms with van der Waals surface area (Å²) in [6, 6.07) is 5.79. The van der Waals surface area contributed by atoms with E-state index in [1.165, 1.54) is 18.2 Å². The van der Waals surface area contributed by atoms with Crippen LogP contribution in [-0.4, -0.2) is 58.7 Å². The Bertz CT molecular complexity index is 1020. The standard InChI is InChI=1S/C18H17FN4O5/c1-10-7-14(24)16(21-23(10)12-6-4-3-5-11(12)19)17(26)22-9-15(25)20-8-13(22)18(27)28-2/h3-7,13H,8-9H2,1-2H3,(H,20,25). The molecule has 0 radical (unpaired) electrons. The molecule has 1 aromatic heterocycles. The molecule has 9 nitrogen and oxygen atoms in total. The molecule has 1 fully saturated rings. The number of ether oxygens (including phenoxy) is 1. The fourth-order valence-electron chi connectivity index (χ4n) is 2.90. The van der Waals surface area contributed by atoms with Crippen molar-refractivity contribution in [1.82, 2.24) is 20.0 Å². The number of para-hydroxylation sites is 1. The smallest absolute Gasteiger partial charge is 0.330 e. The van der Waals surface area contributed by atoms with Gasteiger partial charge < -0.3 is 15.0 Å². The maximum Gasteiger partial charge on any atom is 0.330 e. The molecule has 1 aliphatic heterocycles. The van der Waals surface area contributed by atoms with Gasteiger partial charge in [-0.2, -0.15) is 5.10 Å². The number of carbonyl (C=O) groups excluding carboxylic acids is 3. The molecule has 2 amide bonds. The minimum atomic E-state index is -1.10. The fraction of sp³-hybridized carbons (Fsp3) is 0.278. The number of rotatable bonds is 3. The predicted octanol–water partition coefficient (Wildman–Crippen LogP) is -0.206. The van der Waals surface area contributed by atoms with Gasteiger partial charge in [0.15, 0.2) is 5.69 Å². The lowest BCUT2D eigenvalue weighted by atomic mass is 10.1. The Labute approximate surface area is 158 Å². The zero-order valence-electron chi connectivity index (χ0n) is 15.1. The third kappa shape index (κ3) is 3.48. The number of hydrogen-bond acceptors (Lipinski definition) is 6. The van der Waals surface area contributed by atoms with E-state index in [4.69, 9.17) is 0 Å². The van der Waals surface area contributed by atoms with Gasteiger partial charge in [-0.3, -0.25) is 14.4 Å². The number of piperazine rings is 1. The molecule has 0 saturated carbocycles. The molecule has 2 heterocycles. The van der Waals surface area contributed by atoms with Crippen molar-refractivity contribution in [2.45, 2.75) is 13.0 Å². The van der Waals surface area contributed by atoms with E-state index in [9.17, 15) is 23.6 Å². The molecule has 1 N–H and O–H groups in total. The van der Waals surface area contributed by atoms with Crippen molar-refractivity contribution in [2.75, 3.05) is 20.2 Å². The second kappa shape index (κ2) is 7.59. The van der Waals surface area contributed by atoms with Crippen molar-refractivity contribution in [1.29, 1.82) is 0 Å². The van der Waals surface area contributed by atoms with E-state index < -0.39 is 47.3 Å². The van der Waals surface area contributed by atoms with Crippen molar-refractivity contribution < 1.29 is 23.5 Å².